The number of hydrogen-bond acceptors (Lipinski definition) is 3. The number of methoxy groups -OCH3 is 1. The van der Waals surface area contributed by atoms with E-state index in [0.29, 0.717) is 26.2 Å². The van der Waals surface area contributed by atoms with E-state index in [0.717, 1.165) is 12.1 Å². The monoisotopic (exact) mass is 306 g/mol. The number of nitrogens with one attached hydrogen (secondary N) is 1. The molecule has 0 aliphatic carbocycles. The first-order chi connectivity index (χ1) is 10.0. The first kappa shape index (κ1) is 16.0. The molecule has 7 heteroatoms. The van der Waals surface area contributed by atoms with Crippen LogP contribution in [-0.2, 0) is 0 Å². The van der Waals surface area contributed by atoms with Crippen molar-refractivity contribution in [2.75, 3.05) is 33.3 Å². The Kier molecular flexibility index (Phi) is 5.41. The van der Waals surface area contributed by atoms with Crippen molar-refractivity contribution in [3.8, 4) is 5.75 Å². The zero-order chi connectivity index (χ0) is 15.4. The summed E-state index contributed by atoms with van der Waals surface area (Å²) < 4.78 is 58.9. The molecule has 0 saturated carbocycles. The van der Waals surface area contributed by atoms with E-state index >= 15 is 0 Å². The maximum Gasteiger partial charge on any atom is 0.240 e. The third-order valence-corrected chi connectivity index (χ3v) is 3.64. The van der Waals surface area contributed by atoms with Crippen LogP contribution >= 0.6 is 0 Å². The van der Waals surface area contributed by atoms with Gasteiger partial charge in [-0.05, 0) is 12.1 Å². The zero-order valence-electron chi connectivity index (χ0n) is 11.7. The summed E-state index contributed by atoms with van der Waals surface area (Å²) >= 11 is 0. The quantitative estimate of drug-likeness (QED) is 0.846. The predicted molar refractivity (Wildman–Crippen MR) is 70.7 cm³/mol. The first-order valence-electron chi connectivity index (χ1n) is 6.79. The van der Waals surface area contributed by atoms with Gasteiger partial charge in [-0.25, -0.2) is 17.6 Å². The second kappa shape index (κ2) is 7.09. The summed E-state index contributed by atoms with van der Waals surface area (Å²) in [5.74, 6) is -1.86. The van der Waals surface area contributed by atoms with Crippen LogP contribution < -0.4 is 10.1 Å². The van der Waals surface area contributed by atoms with Crippen molar-refractivity contribution >= 4 is 0 Å². The molecule has 0 aromatic heterocycles. The molecule has 1 aliphatic heterocycles. The number of nitrogens with zero attached hydrogens (tertiary/aromatic N) is 1. The van der Waals surface area contributed by atoms with E-state index in [9.17, 15) is 17.6 Å². The van der Waals surface area contributed by atoms with E-state index in [4.69, 9.17) is 4.74 Å². The van der Waals surface area contributed by atoms with Gasteiger partial charge in [0.2, 0.25) is 6.43 Å². The Hall–Kier alpha value is -1.34. The van der Waals surface area contributed by atoms with E-state index in [1.807, 2.05) is 0 Å². The molecule has 0 bridgehead atoms. The topological polar surface area (TPSA) is 24.5 Å². The first-order valence-corrected chi connectivity index (χ1v) is 6.79. The summed E-state index contributed by atoms with van der Waals surface area (Å²) in [6, 6.07) is 1.21. The minimum atomic E-state index is -2.64. The highest BCUT2D eigenvalue weighted by atomic mass is 19.3. The van der Waals surface area contributed by atoms with Gasteiger partial charge in [0.1, 0.15) is 5.82 Å². The number of rotatable bonds is 5. The van der Waals surface area contributed by atoms with Crippen LogP contribution in [0.4, 0.5) is 17.6 Å². The summed E-state index contributed by atoms with van der Waals surface area (Å²) in [6.45, 7) is 2.14. The normalized spacial score (nSPS) is 18.0. The average molecular weight is 306 g/mol. The molecular weight excluding hydrogens is 288 g/mol. The highest BCUT2D eigenvalue weighted by Crippen LogP contribution is 2.34. The van der Waals surface area contributed by atoms with Crippen molar-refractivity contribution in [2.45, 2.75) is 18.9 Å². The molecule has 1 N–H and O–H groups in total. The SMILES string of the molecule is COc1ccc(F)c([C@H](CC(F)F)N2CCNCC2)c1F. The number of halogens is 4. The van der Waals surface area contributed by atoms with Crippen molar-refractivity contribution < 1.29 is 22.3 Å². The maximum absolute atomic E-state index is 14.3. The molecule has 1 saturated heterocycles. The minimum absolute atomic E-state index is 0.138. The van der Waals surface area contributed by atoms with E-state index < -0.39 is 30.5 Å². The lowest BCUT2D eigenvalue weighted by atomic mass is 9.99. The van der Waals surface area contributed by atoms with Gasteiger partial charge in [0.15, 0.2) is 11.6 Å². The summed E-state index contributed by atoms with van der Waals surface area (Å²) in [7, 11) is 1.26. The van der Waals surface area contributed by atoms with Crippen LogP contribution in [0.5, 0.6) is 5.75 Å². The van der Waals surface area contributed by atoms with Crippen LogP contribution in [0, 0.1) is 11.6 Å². The Bertz CT molecular complexity index is 478. The largest absolute Gasteiger partial charge is 0.494 e. The van der Waals surface area contributed by atoms with Crippen molar-refractivity contribution in [3.63, 3.8) is 0 Å². The van der Waals surface area contributed by atoms with Crippen LogP contribution in [0.3, 0.4) is 0 Å². The molecular formula is C14H18F4N2O. The molecule has 2 rings (SSSR count). The van der Waals surface area contributed by atoms with E-state index in [1.165, 1.54) is 7.11 Å². The van der Waals surface area contributed by atoms with Crippen molar-refractivity contribution in [1.29, 1.82) is 0 Å². The average Bonchev–Trinajstić information content (AvgIpc) is 2.47. The van der Waals surface area contributed by atoms with Crippen LogP contribution in [0.1, 0.15) is 18.0 Å². The molecule has 0 radical (unpaired) electrons. The molecule has 3 nitrogen and oxygen atoms in total. The molecule has 0 amide bonds. The predicted octanol–water partition coefficient (Wildman–Crippen LogP) is 2.57. The second-order valence-corrected chi connectivity index (χ2v) is 4.91. The molecule has 0 spiro atoms. The summed E-state index contributed by atoms with van der Waals surface area (Å²) in [6.07, 6.45) is -3.25. The lowest BCUT2D eigenvalue weighted by molar-refractivity contribution is 0.0707. The minimum Gasteiger partial charge on any atom is -0.494 e. The molecule has 1 fully saturated rings. The molecule has 1 aromatic rings. The van der Waals surface area contributed by atoms with E-state index in [2.05, 4.69) is 5.32 Å². The van der Waals surface area contributed by atoms with Crippen molar-refractivity contribution in [1.82, 2.24) is 10.2 Å². The number of benzene rings is 1. The lowest BCUT2D eigenvalue weighted by Crippen LogP contribution is -2.46. The molecule has 118 valence electrons. The van der Waals surface area contributed by atoms with Gasteiger partial charge in [-0.15, -0.1) is 0 Å². The Morgan fingerprint density at radius 1 is 1.24 bits per heavy atom. The van der Waals surface area contributed by atoms with Crippen molar-refractivity contribution in [3.05, 3.63) is 29.3 Å². The molecule has 1 atom stereocenters. The molecule has 0 unspecified atom stereocenters. The van der Waals surface area contributed by atoms with Gasteiger partial charge in [-0.3, -0.25) is 4.90 Å². The summed E-state index contributed by atoms with van der Waals surface area (Å²) in [5, 5.41) is 3.08. The highest BCUT2D eigenvalue weighted by Gasteiger charge is 2.31. The Labute approximate surface area is 120 Å². The van der Waals surface area contributed by atoms with Crippen LogP contribution in [0.25, 0.3) is 0 Å². The van der Waals surface area contributed by atoms with Gasteiger partial charge in [0.05, 0.1) is 7.11 Å². The molecule has 1 heterocycles. The lowest BCUT2D eigenvalue weighted by Gasteiger charge is -2.35. The fourth-order valence-electron chi connectivity index (χ4n) is 2.62. The highest BCUT2D eigenvalue weighted by molar-refractivity contribution is 5.34. The van der Waals surface area contributed by atoms with Crippen LogP contribution in [0.15, 0.2) is 12.1 Å². The van der Waals surface area contributed by atoms with Gasteiger partial charge in [-0.2, -0.15) is 0 Å². The molecule has 1 aromatic carbocycles. The second-order valence-electron chi connectivity index (χ2n) is 4.91. The van der Waals surface area contributed by atoms with Crippen molar-refractivity contribution in [2.24, 2.45) is 0 Å². The van der Waals surface area contributed by atoms with Gasteiger partial charge < -0.3 is 10.1 Å². The number of hydrogen-bond donors (Lipinski definition) is 1. The Morgan fingerprint density at radius 2 is 1.90 bits per heavy atom. The van der Waals surface area contributed by atoms with E-state index in [-0.39, 0.29) is 11.3 Å². The number of ether oxygens (including phenoxy) is 1. The zero-order valence-corrected chi connectivity index (χ0v) is 11.7. The fraction of sp³-hybridized carbons (Fsp3) is 0.571. The Morgan fingerprint density at radius 3 is 2.48 bits per heavy atom. The van der Waals surface area contributed by atoms with Gasteiger partial charge in [-0.1, -0.05) is 0 Å². The Balaban J connectivity index is 2.39. The fourth-order valence-corrected chi connectivity index (χ4v) is 2.62. The molecule has 21 heavy (non-hydrogen) atoms. The third-order valence-electron chi connectivity index (χ3n) is 3.64. The van der Waals surface area contributed by atoms with Gasteiger partial charge in [0.25, 0.3) is 0 Å². The molecule has 1 aliphatic rings. The standard InChI is InChI=1S/C14H18F4N2O/c1-21-11-3-2-9(15)13(14(11)18)10(8-12(16)17)20-6-4-19-5-7-20/h2-3,10,12,19H,4-8H2,1H3/t10-/m0/s1. The summed E-state index contributed by atoms with van der Waals surface area (Å²) in [4.78, 5) is 1.68. The smallest absolute Gasteiger partial charge is 0.240 e. The number of piperazine rings is 1. The van der Waals surface area contributed by atoms with Crippen LogP contribution in [-0.4, -0.2) is 44.6 Å². The summed E-state index contributed by atoms with van der Waals surface area (Å²) in [5.41, 5.74) is -0.337. The maximum atomic E-state index is 14.3. The van der Waals surface area contributed by atoms with Gasteiger partial charge >= 0.3 is 0 Å². The van der Waals surface area contributed by atoms with Crippen LogP contribution in [0.2, 0.25) is 0 Å². The number of alkyl halides is 2. The van der Waals surface area contributed by atoms with E-state index in [1.54, 1.807) is 4.90 Å². The third kappa shape index (κ3) is 3.65. The van der Waals surface area contributed by atoms with Gasteiger partial charge in [0, 0.05) is 44.2 Å².